The smallest absolute Gasteiger partial charge is 0.339 e. The molecule has 4 rings (SSSR count). The van der Waals surface area contributed by atoms with Crippen molar-refractivity contribution in [2.75, 3.05) is 18.0 Å². The van der Waals surface area contributed by atoms with Gasteiger partial charge in [0.1, 0.15) is 16.3 Å². The van der Waals surface area contributed by atoms with Gasteiger partial charge >= 0.3 is 30.2 Å². The average molecular weight is 549 g/mol. The van der Waals surface area contributed by atoms with Crippen LogP contribution in [-0.4, -0.2) is 40.9 Å². The minimum Gasteiger partial charge on any atom is -0.339 e. The van der Waals surface area contributed by atoms with Crippen molar-refractivity contribution in [2.45, 2.75) is 39.5 Å². The first-order valence-corrected chi connectivity index (χ1v) is 14.6. The Hall–Kier alpha value is -2.05. The molecule has 2 atom stereocenters. The maximum Gasteiger partial charge on any atom is 0.487 e. The lowest BCUT2D eigenvalue weighted by Gasteiger charge is -2.20. The van der Waals surface area contributed by atoms with E-state index in [0.29, 0.717) is 13.1 Å². The first kappa shape index (κ1) is 25.1. The SMILES string of the molecule is CCN1c2ccc(S(=O)(=O)O[NH3+])cc2SC1N=NC1[S+]=c2cc(S(=O)(=O)O[NH3+])ccc2=[N+]1CC. The standard InChI is InChI=1S/C18H24N6O6S4/c1-3-23-13-7-5-11(33(25,26)29-19)9-15(13)31-17(23)21-22-18-24(4-2)14-8-6-12(10-16(14)32-18)34(27,28)30-20/h5-10,17-18H,3-4H2,1-2,19-20H3/q+4. The van der Waals surface area contributed by atoms with Crippen LogP contribution in [0.2, 0.25) is 0 Å². The Kier molecular flexibility index (Phi) is 7.03. The number of anilines is 1. The molecule has 0 saturated heterocycles. The van der Waals surface area contributed by atoms with Gasteiger partial charge in [0.05, 0.1) is 5.69 Å². The van der Waals surface area contributed by atoms with Crippen LogP contribution < -0.4 is 26.6 Å². The molecule has 2 heterocycles. The van der Waals surface area contributed by atoms with E-state index in [2.05, 4.69) is 30.6 Å². The van der Waals surface area contributed by atoms with Crippen molar-refractivity contribution in [3.8, 4) is 0 Å². The van der Waals surface area contributed by atoms with Crippen LogP contribution in [0, 0.1) is 4.51 Å². The second kappa shape index (κ2) is 9.54. The van der Waals surface area contributed by atoms with Crippen LogP contribution in [0.15, 0.2) is 61.3 Å². The summed E-state index contributed by atoms with van der Waals surface area (Å²) in [5.41, 5.74) is 0.103. The van der Waals surface area contributed by atoms with Crippen LogP contribution in [0.3, 0.4) is 0 Å². The Bertz CT molecular complexity index is 1500. The van der Waals surface area contributed by atoms with Crippen LogP contribution in [0.1, 0.15) is 13.8 Å². The van der Waals surface area contributed by atoms with E-state index in [1.807, 2.05) is 23.3 Å². The normalized spacial score (nSPS) is 20.0. The van der Waals surface area contributed by atoms with Crippen molar-refractivity contribution < 1.29 is 37.2 Å². The molecule has 2 aliphatic heterocycles. The van der Waals surface area contributed by atoms with Crippen LogP contribution in [0.4, 0.5) is 5.69 Å². The fraction of sp³-hybridized carbons (Fsp3) is 0.333. The van der Waals surface area contributed by atoms with Crippen LogP contribution >= 0.6 is 11.8 Å². The zero-order valence-corrected chi connectivity index (χ0v) is 21.6. The minimum absolute atomic E-state index is 0.0263. The Morgan fingerprint density at radius 2 is 1.68 bits per heavy atom. The third-order valence-electron chi connectivity index (χ3n) is 5.31. The van der Waals surface area contributed by atoms with E-state index in [9.17, 15) is 16.8 Å². The third kappa shape index (κ3) is 4.47. The zero-order valence-electron chi connectivity index (χ0n) is 18.3. The fourth-order valence-electron chi connectivity index (χ4n) is 3.63. The summed E-state index contributed by atoms with van der Waals surface area (Å²) in [5.74, 6) is 6.03. The van der Waals surface area contributed by atoms with Gasteiger partial charge in [0.25, 0.3) is 16.7 Å². The van der Waals surface area contributed by atoms with Crippen molar-refractivity contribution in [3.63, 3.8) is 0 Å². The third-order valence-corrected chi connectivity index (χ3v) is 9.88. The molecule has 0 radical (unpaired) electrons. The lowest BCUT2D eigenvalue weighted by atomic mass is 10.3. The van der Waals surface area contributed by atoms with Gasteiger partial charge in [0, 0.05) is 23.6 Å². The molecule has 0 spiro atoms. The molecule has 6 N–H and O–H groups in total. The van der Waals surface area contributed by atoms with Gasteiger partial charge in [-0.15, -0.1) is 9.69 Å². The largest absolute Gasteiger partial charge is 0.487 e. The molecule has 0 amide bonds. The zero-order chi connectivity index (χ0) is 24.7. The summed E-state index contributed by atoms with van der Waals surface area (Å²) in [7, 11) is -7.81. The number of benzene rings is 2. The number of thioether (sulfide) groups is 1. The van der Waals surface area contributed by atoms with E-state index in [1.54, 1.807) is 24.3 Å². The predicted octanol–water partition coefficient (Wildman–Crippen LogP) is -1.08. The van der Waals surface area contributed by atoms with Crippen LogP contribution in [0.5, 0.6) is 0 Å². The van der Waals surface area contributed by atoms with Gasteiger partial charge in [-0.25, -0.2) is 0 Å². The Balaban J connectivity index is 1.64. The van der Waals surface area contributed by atoms with Crippen LogP contribution in [0.25, 0.3) is 0 Å². The van der Waals surface area contributed by atoms with E-state index >= 15 is 0 Å². The summed E-state index contributed by atoms with van der Waals surface area (Å²) in [4.78, 5) is 2.82. The maximum atomic E-state index is 12.0. The van der Waals surface area contributed by atoms with Crippen molar-refractivity contribution in [1.29, 1.82) is 0 Å². The van der Waals surface area contributed by atoms with Crippen molar-refractivity contribution in [1.82, 2.24) is 4.58 Å². The van der Waals surface area contributed by atoms with Crippen molar-refractivity contribution >= 4 is 49.0 Å². The number of nitrogens with zero attached hydrogens (tertiary/aromatic N) is 4. The molecule has 0 fully saturated rings. The number of hydrogen-bond donors (Lipinski definition) is 2. The Morgan fingerprint density at radius 1 is 1.03 bits per heavy atom. The van der Waals surface area contributed by atoms with E-state index in [1.165, 1.54) is 35.2 Å². The van der Waals surface area contributed by atoms with Gasteiger partial charge in [-0.2, -0.15) is 28.6 Å². The highest BCUT2D eigenvalue weighted by Crippen LogP contribution is 2.44. The quantitative estimate of drug-likeness (QED) is 0.138. The van der Waals surface area contributed by atoms with E-state index in [4.69, 9.17) is 0 Å². The first-order chi connectivity index (χ1) is 16.1. The van der Waals surface area contributed by atoms with Gasteiger partial charge in [0.15, 0.2) is 5.50 Å². The van der Waals surface area contributed by atoms with E-state index < -0.39 is 20.2 Å². The van der Waals surface area contributed by atoms with Gasteiger partial charge in [-0.3, -0.25) is 0 Å². The number of hydrogen-bond acceptors (Lipinski definition) is 10. The number of rotatable bonds is 8. The van der Waals surface area contributed by atoms with Gasteiger partial charge in [-0.1, -0.05) is 25.4 Å². The van der Waals surface area contributed by atoms with Crippen molar-refractivity contribution in [3.05, 3.63) is 46.3 Å². The molecule has 0 saturated carbocycles. The van der Waals surface area contributed by atoms with Gasteiger partial charge < -0.3 is 4.90 Å². The molecule has 34 heavy (non-hydrogen) atoms. The molecule has 2 aromatic rings. The second-order valence-electron chi connectivity index (χ2n) is 7.09. The summed E-state index contributed by atoms with van der Waals surface area (Å²) in [6.45, 7) is 5.24. The Morgan fingerprint density at radius 3 is 2.29 bits per heavy atom. The fourth-order valence-corrected chi connectivity index (χ4v) is 7.49. The number of azo groups is 1. The summed E-state index contributed by atoms with van der Waals surface area (Å²) in [6, 6.07) is 9.49. The van der Waals surface area contributed by atoms with E-state index in [-0.39, 0.29) is 20.8 Å². The summed E-state index contributed by atoms with van der Waals surface area (Å²) >= 11 is 2.78. The lowest BCUT2D eigenvalue weighted by Crippen LogP contribution is -2.51. The molecule has 2 aromatic carbocycles. The highest BCUT2D eigenvalue weighted by molar-refractivity contribution is 8.00. The van der Waals surface area contributed by atoms with E-state index in [0.717, 1.165) is 20.5 Å². The summed E-state index contributed by atoms with van der Waals surface area (Å²) < 4.78 is 59.5. The molecule has 2 aliphatic rings. The summed E-state index contributed by atoms with van der Waals surface area (Å²) in [5, 5.41) is 9.97. The molecule has 0 aromatic heterocycles. The topological polar surface area (TPSA) is 173 Å². The molecule has 0 bridgehead atoms. The summed E-state index contributed by atoms with van der Waals surface area (Å²) in [6.07, 6.45) is 0. The first-order valence-electron chi connectivity index (χ1n) is 10.1. The molecule has 2 unspecified atom stereocenters. The van der Waals surface area contributed by atoms with Crippen LogP contribution in [-0.2, 0) is 40.2 Å². The molecule has 16 heteroatoms. The maximum absolute atomic E-state index is 12.0. The molecular formula is C18H24N6O6S4+4. The lowest BCUT2D eigenvalue weighted by molar-refractivity contribution is -0.635. The highest BCUT2D eigenvalue weighted by atomic mass is 32.2. The molecule has 12 nitrogen and oxygen atoms in total. The molecule has 0 aliphatic carbocycles. The predicted molar refractivity (Wildman–Crippen MR) is 124 cm³/mol. The second-order valence-corrected chi connectivity index (χ2v) is 12.5. The van der Waals surface area contributed by atoms with Gasteiger partial charge in [-0.05, 0) is 38.1 Å². The number of quaternary nitrogens is 2. The average Bonchev–Trinajstić information content (AvgIpc) is 3.38. The highest BCUT2D eigenvalue weighted by Gasteiger charge is 2.39. The molecular weight excluding hydrogens is 525 g/mol. The van der Waals surface area contributed by atoms with Gasteiger partial charge in [0.2, 0.25) is 0 Å². The monoisotopic (exact) mass is 548 g/mol. The Labute approximate surface area is 204 Å². The molecule has 182 valence electrons. The van der Waals surface area contributed by atoms with Crippen molar-refractivity contribution in [2.24, 2.45) is 10.2 Å². The minimum atomic E-state index is -3.91. The number of fused-ring (bicyclic) bond motifs is 2.